The molecule has 0 bridgehead atoms. The number of carbonyl (C=O) groups excluding carboxylic acids is 2. The van der Waals surface area contributed by atoms with Gasteiger partial charge in [0.05, 0.1) is 0 Å². The van der Waals surface area contributed by atoms with Crippen molar-refractivity contribution in [2.45, 2.75) is 0 Å². The van der Waals surface area contributed by atoms with E-state index in [1.165, 1.54) is 0 Å². The van der Waals surface area contributed by atoms with Gasteiger partial charge >= 0.3 is 6.09 Å². The number of rotatable bonds is 2. The largest absolute Gasteiger partial charge is 0.411 e. The molecule has 0 saturated heterocycles. The third-order valence-electron chi connectivity index (χ3n) is 0.885. The van der Waals surface area contributed by atoms with Crippen molar-refractivity contribution in [3.8, 4) is 5.19 Å². The highest BCUT2D eigenvalue weighted by atomic mass is 79.9. The van der Waals surface area contributed by atoms with Crippen molar-refractivity contribution < 1.29 is 14.3 Å². The second kappa shape index (κ2) is 3.63. The number of nitrogens with zero attached hydrogens (tertiary/aromatic N) is 1. The van der Waals surface area contributed by atoms with Gasteiger partial charge in [0, 0.05) is 0 Å². The molecule has 7 heteroatoms. The highest BCUT2D eigenvalue weighted by molar-refractivity contribution is 9.10. The quantitative estimate of drug-likeness (QED) is 0.800. The minimum Gasteiger partial charge on any atom is -0.381 e. The number of ether oxygens (including phenoxy) is 1. The van der Waals surface area contributed by atoms with Crippen molar-refractivity contribution in [1.29, 1.82) is 0 Å². The van der Waals surface area contributed by atoms with Gasteiger partial charge in [-0.1, -0.05) is 11.3 Å². The molecule has 0 unspecified atom stereocenters. The van der Waals surface area contributed by atoms with E-state index in [-0.39, 0.29) is 5.19 Å². The number of primary amides is 1. The molecule has 0 aromatic carbocycles. The molecule has 1 heterocycles. The number of amides is 1. The monoisotopic (exact) mass is 250 g/mol. The van der Waals surface area contributed by atoms with Crippen LogP contribution in [0.25, 0.3) is 0 Å². The van der Waals surface area contributed by atoms with Gasteiger partial charge in [-0.25, -0.2) is 4.79 Å². The molecular formula is C5H3BrN2O3S. The molecule has 0 saturated carbocycles. The van der Waals surface area contributed by atoms with Crippen LogP contribution < -0.4 is 10.5 Å². The summed E-state index contributed by atoms with van der Waals surface area (Å²) in [4.78, 5) is 24.6. The van der Waals surface area contributed by atoms with Crippen molar-refractivity contribution >= 4 is 39.6 Å². The van der Waals surface area contributed by atoms with Gasteiger partial charge in [0.2, 0.25) is 0 Å². The standard InChI is InChI=1S/C5H3BrN2O3S/c6-3-2(1-9)12-5(8-3)11-4(7)10/h1H,(H2,7,10). The molecule has 5 nitrogen and oxygen atoms in total. The van der Waals surface area contributed by atoms with Crippen LogP contribution in [0.5, 0.6) is 5.19 Å². The molecule has 0 atom stereocenters. The molecule has 0 aliphatic carbocycles. The number of carbonyl (C=O) groups is 2. The zero-order valence-corrected chi connectivity index (χ0v) is 8.02. The van der Waals surface area contributed by atoms with Gasteiger partial charge in [0.1, 0.15) is 9.48 Å². The van der Waals surface area contributed by atoms with Crippen LogP contribution in [0, 0.1) is 0 Å². The first kappa shape index (κ1) is 9.14. The normalized spacial score (nSPS) is 9.42. The summed E-state index contributed by atoms with van der Waals surface area (Å²) in [6, 6.07) is 0. The average Bonchev–Trinajstić information content (AvgIpc) is 2.29. The van der Waals surface area contributed by atoms with Gasteiger partial charge < -0.3 is 10.5 Å². The van der Waals surface area contributed by atoms with Crippen LogP contribution in [-0.2, 0) is 0 Å². The molecule has 0 aliphatic rings. The smallest absolute Gasteiger partial charge is 0.381 e. The van der Waals surface area contributed by atoms with Gasteiger partial charge in [-0.2, -0.15) is 4.98 Å². The fraction of sp³-hybridized carbons (Fsp3) is 0. The summed E-state index contributed by atoms with van der Waals surface area (Å²) in [5, 5.41) is 0.0523. The van der Waals surface area contributed by atoms with Crippen molar-refractivity contribution in [3.63, 3.8) is 0 Å². The predicted octanol–water partition coefficient (Wildman–Crippen LogP) is 1.18. The van der Waals surface area contributed by atoms with Crippen LogP contribution >= 0.6 is 27.3 Å². The third kappa shape index (κ3) is 2.02. The number of thiazole rings is 1. The van der Waals surface area contributed by atoms with Gasteiger partial charge in [0.25, 0.3) is 5.19 Å². The van der Waals surface area contributed by atoms with E-state index in [2.05, 4.69) is 25.7 Å². The van der Waals surface area contributed by atoms with E-state index in [0.29, 0.717) is 15.8 Å². The molecule has 2 N–H and O–H groups in total. The highest BCUT2D eigenvalue weighted by Gasteiger charge is 2.10. The van der Waals surface area contributed by atoms with E-state index < -0.39 is 6.09 Å². The molecule has 1 aromatic rings. The van der Waals surface area contributed by atoms with E-state index >= 15 is 0 Å². The Balaban J connectivity index is 2.89. The van der Waals surface area contributed by atoms with Gasteiger partial charge in [-0.15, -0.1) is 0 Å². The Kier molecular flexibility index (Phi) is 2.77. The fourth-order valence-corrected chi connectivity index (χ4v) is 1.74. The molecular weight excluding hydrogens is 248 g/mol. The van der Waals surface area contributed by atoms with Crippen LogP contribution in [0.2, 0.25) is 0 Å². The minimum absolute atomic E-state index is 0.0523. The van der Waals surface area contributed by atoms with E-state index in [4.69, 9.17) is 5.73 Å². The second-order valence-corrected chi connectivity index (χ2v) is 3.42. The molecule has 0 spiro atoms. The molecule has 1 aromatic heterocycles. The van der Waals surface area contributed by atoms with Crippen LogP contribution in [0.15, 0.2) is 4.60 Å². The zero-order valence-electron chi connectivity index (χ0n) is 5.61. The maximum atomic E-state index is 10.3. The SMILES string of the molecule is NC(=O)Oc1nc(Br)c(C=O)s1. The molecule has 0 fully saturated rings. The number of hydrogen-bond acceptors (Lipinski definition) is 5. The molecule has 1 rings (SSSR count). The first-order valence-corrected chi connectivity index (χ1v) is 4.33. The van der Waals surface area contributed by atoms with Gasteiger partial charge in [-0.3, -0.25) is 4.79 Å². The summed E-state index contributed by atoms with van der Waals surface area (Å²) in [5.41, 5.74) is 4.73. The van der Waals surface area contributed by atoms with Crippen LogP contribution in [0.1, 0.15) is 9.67 Å². The number of hydrogen-bond donors (Lipinski definition) is 1. The Hall–Kier alpha value is -0.950. The summed E-state index contributed by atoms with van der Waals surface area (Å²) in [5.74, 6) is 0. The second-order valence-electron chi connectivity index (χ2n) is 1.67. The summed E-state index contributed by atoms with van der Waals surface area (Å²) in [6.45, 7) is 0. The van der Waals surface area contributed by atoms with E-state index in [9.17, 15) is 9.59 Å². The average molecular weight is 251 g/mol. The summed E-state index contributed by atoms with van der Waals surface area (Å²) < 4.78 is 4.78. The Morgan fingerprint density at radius 2 is 2.42 bits per heavy atom. The third-order valence-corrected chi connectivity index (χ3v) is 2.61. The Morgan fingerprint density at radius 1 is 1.75 bits per heavy atom. The van der Waals surface area contributed by atoms with E-state index in [1.807, 2.05) is 0 Å². The van der Waals surface area contributed by atoms with Gasteiger partial charge in [0.15, 0.2) is 6.29 Å². The number of aldehydes is 1. The predicted molar refractivity (Wildman–Crippen MR) is 45.4 cm³/mol. The van der Waals surface area contributed by atoms with Crippen molar-refractivity contribution in [2.24, 2.45) is 5.73 Å². The van der Waals surface area contributed by atoms with Crippen molar-refractivity contribution in [1.82, 2.24) is 4.98 Å². The highest BCUT2D eigenvalue weighted by Crippen LogP contribution is 2.27. The Morgan fingerprint density at radius 3 is 2.83 bits per heavy atom. The summed E-state index contributed by atoms with van der Waals surface area (Å²) >= 11 is 3.94. The van der Waals surface area contributed by atoms with Crippen LogP contribution in [0.4, 0.5) is 4.79 Å². The van der Waals surface area contributed by atoms with E-state index in [0.717, 1.165) is 11.3 Å². The lowest BCUT2D eigenvalue weighted by molar-refractivity contribution is 0.112. The molecule has 0 aliphatic heterocycles. The Bertz CT molecular complexity index is 324. The maximum Gasteiger partial charge on any atom is 0.411 e. The van der Waals surface area contributed by atoms with Crippen molar-refractivity contribution in [3.05, 3.63) is 9.48 Å². The lowest BCUT2D eigenvalue weighted by atomic mass is 10.6. The van der Waals surface area contributed by atoms with Gasteiger partial charge in [-0.05, 0) is 15.9 Å². The van der Waals surface area contributed by atoms with Crippen molar-refractivity contribution in [2.75, 3.05) is 0 Å². The minimum atomic E-state index is -0.950. The fourth-order valence-electron chi connectivity index (χ4n) is 0.497. The lowest BCUT2D eigenvalue weighted by Gasteiger charge is -1.90. The topological polar surface area (TPSA) is 82.3 Å². The lowest BCUT2D eigenvalue weighted by Crippen LogP contribution is -2.15. The number of halogens is 1. The van der Waals surface area contributed by atoms with E-state index in [1.54, 1.807) is 0 Å². The number of nitrogens with two attached hydrogens (primary N) is 1. The summed E-state index contributed by atoms with van der Waals surface area (Å²) in [7, 11) is 0. The summed E-state index contributed by atoms with van der Waals surface area (Å²) in [6.07, 6.45) is -0.344. The molecule has 12 heavy (non-hydrogen) atoms. The van der Waals surface area contributed by atoms with Crippen LogP contribution in [0.3, 0.4) is 0 Å². The van der Waals surface area contributed by atoms with Crippen LogP contribution in [-0.4, -0.2) is 17.4 Å². The molecule has 0 radical (unpaired) electrons. The first-order valence-electron chi connectivity index (χ1n) is 2.72. The maximum absolute atomic E-state index is 10.3. The molecule has 64 valence electrons. The molecule has 1 amide bonds. The first-order chi connectivity index (χ1) is 5.63. The number of aromatic nitrogens is 1. The zero-order chi connectivity index (χ0) is 9.14. The Labute approximate surface area is 79.7 Å².